The first kappa shape index (κ1) is 19.5. The molecular weight excluding hydrogens is 376 g/mol. The van der Waals surface area contributed by atoms with Gasteiger partial charge in [-0.2, -0.15) is 0 Å². The van der Waals surface area contributed by atoms with Crippen LogP contribution in [0.3, 0.4) is 0 Å². The van der Waals surface area contributed by atoms with Crippen molar-refractivity contribution in [1.29, 1.82) is 0 Å². The largest absolute Gasteiger partial charge is 0.375 e. The highest BCUT2D eigenvalue weighted by Crippen LogP contribution is 2.48. The Labute approximate surface area is 177 Å². The number of ketones is 1. The number of carbonyl (C=O) groups is 2. The molecule has 2 unspecified atom stereocenters. The molecule has 0 radical (unpaired) electrons. The maximum Gasteiger partial charge on any atom is 0.265 e. The van der Waals surface area contributed by atoms with Crippen LogP contribution >= 0.6 is 0 Å². The number of fused-ring (bicyclic) bond motifs is 2. The fraction of sp³-hybridized carbons (Fsp3) is 0.440. The summed E-state index contributed by atoms with van der Waals surface area (Å²) in [4.78, 5) is 31.0. The number of benzene rings is 2. The van der Waals surface area contributed by atoms with E-state index in [1.54, 1.807) is 11.0 Å². The fourth-order valence-electron chi connectivity index (χ4n) is 5.34. The summed E-state index contributed by atoms with van der Waals surface area (Å²) in [7, 11) is 0. The van der Waals surface area contributed by atoms with Crippen molar-refractivity contribution in [2.24, 2.45) is 11.8 Å². The van der Waals surface area contributed by atoms with Gasteiger partial charge in [0, 0.05) is 24.2 Å². The van der Waals surface area contributed by atoms with Gasteiger partial charge in [-0.1, -0.05) is 49.4 Å². The van der Waals surface area contributed by atoms with Gasteiger partial charge in [-0.3, -0.25) is 19.4 Å². The van der Waals surface area contributed by atoms with Crippen LogP contribution in [0.5, 0.6) is 0 Å². The van der Waals surface area contributed by atoms with Crippen molar-refractivity contribution in [3.63, 3.8) is 0 Å². The first-order chi connectivity index (χ1) is 14.5. The average molecular weight is 405 g/mol. The monoisotopic (exact) mass is 404 g/mol. The lowest BCUT2D eigenvalue weighted by atomic mass is 9.71. The van der Waals surface area contributed by atoms with E-state index in [4.69, 9.17) is 0 Å². The highest BCUT2D eigenvalue weighted by Gasteiger charge is 2.57. The highest BCUT2D eigenvalue weighted by molar-refractivity contribution is 6.12. The number of hydrogen-bond donors (Lipinski definition) is 1. The fourth-order valence-corrected chi connectivity index (χ4v) is 5.34. The molecule has 2 aromatic carbocycles. The van der Waals surface area contributed by atoms with Crippen LogP contribution in [0.15, 0.2) is 48.5 Å². The van der Waals surface area contributed by atoms with E-state index >= 15 is 0 Å². The Balaban J connectivity index is 1.50. The molecule has 0 aromatic heterocycles. The Kier molecular flexibility index (Phi) is 4.75. The molecule has 1 saturated heterocycles. The summed E-state index contributed by atoms with van der Waals surface area (Å²) in [6, 6.07) is 15.0. The first-order valence-corrected chi connectivity index (χ1v) is 11.0. The van der Waals surface area contributed by atoms with E-state index in [0.29, 0.717) is 36.6 Å². The van der Waals surface area contributed by atoms with Crippen molar-refractivity contribution in [2.75, 3.05) is 24.7 Å². The normalized spacial score (nSPS) is 27.3. The molecule has 0 bridgehead atoms. The van der Waals surface area contributed by atoms with Gasteiger partial charge in [-0.05, 0) is 43.2 Å². The van der Waals surface area contributed by atoms with Crippen LogP contribution in [-0.2, 0) is 16.8 Å². The molecule has 5 heteroatoms. The van der Waals surface area contributed by atoms with Crippen LogP contribution in [-0.4, -0.2) is 41.5 Å². The molecule has 2 aliphatic heterocycles. The zero-order chi connectivity index (χ0) is 20.9. The molecule has 2 atom stereocenters. The van der Waals surface area contributed by atoms with Gasteiger partial charge >= 0.3 is 0 Å². The highest BCUT2D eigenvalue weighted by atomic mass is 16.3. The minimum Gasteiger partial charge on any atom is -0.375 e. The second-order valence-corrected chi connectivity index (χ2v) is 9.07. The number of likely N-dealkylation sites (tertiary alicyclic amines) is 1. The maximum atomic E-state index is 13.7. The van der Waals surface area contributed by atoms with Gasteiger partial charge < -0.3 is 5.11 Å². The lowest BCUT2D eigenvalue weighted by molar-refractivity contribution is -0.141. The molecule has 0 spiro atoms. The average Bonchev–Trinajstić information content (AvgIpc) is 2.98. The van der Waals surface area contributed by atoms with Crippen LogP contribution in [0, 0.1) is 11.8 Å². The number of hydrogen-bond acceptors (Lipinski definition) is 4. The van der Waals surface area contributed by atoms with Gasteiger partial charge in [0.25, 0.3) is 5.91 Å². The second-order valence-electron chi connectivity index (χ2n) is 9.07. The van der Waals surface area contributed by atoms with Gasteiger partial charge in [0.1, 0.15) is 0 Å². The first-order valence-electron chi connectivity index (χ1n) is 11.0. The summed E-state index contributed by atoms with van der Waals surface area (Å²) in [6.07, 6.45) is 3.40. The third-order valence-corrected chi connectivity index (χ3v) is 7.20. The van der Waals surface area contributed by atoms with E-state index in [1.807, 2.05) is 42.5 Å². The van der Waals surface area contributed by atoms with E-state index in [-0.39, 0.29) is 11.7 Å². The third-order valence-electron chi connectivity index (χ3n) is 7.20. The Bertz CT molecular complexity index is 995. The molecule has 1 N–H and O–H groups in total. The van der Waals surface area contributed by atoms with Crippen molar-refractivity contribution in [3.8, 4) is 0 Å². The van der Waals surface area contributed by atoms with Crippen molar-refractivity contribution in [1.82, 2.24) is 4.90 Å². The Hall–Kier alpha value is -2.50. The zero-order valence-electron chi connectivity index (χ0n) is 17.4. The lowest BCUT2D eigenvalue weighted by Gasteiger charge is -2.36. The van der Waals surface area contributed by atoms with Gasteiger partial charge in [-0.15, -0.1) is 0 Å². The number of rotatable bonds is 3. The molecule has 2 heterocycles. The number of aryl methyl sites for hydroxylation is 1. The Morgan fingerprint density at radius 3 is 2.50 bits per heavy atom. The standard InChI is InChI=1S/C25H28N2O3/c1-17-12-14-26(15-13-17)16-27-22-9-5-4-8-20(22)25(30,24(27)29)21-11-10-18-6-2-3-7-19(18)23(21)28/h2-9,17,21,30H,10-16H2,1H3. The second kappa shape index (κ2) is 7.33. The molecular formula is C25H28N2O3. The molecule has 30 heavy (non-hydrogen) atoms. The lowest BCUT2D eigenvalue weighted by Crippen LogP contribution is -2.52. The van der Waals surface area contributed by atoms with E-state index < -0.39 is 11.5 Å². The van der Waals surface area contributed by atoms with Gasteiger partial charge in [0.15, 0.2) is 11.4 Å². The Morgan fingerprint density at radius 1 is 1.00 bits per heavy atom. The van der Waals surface area contributed by atoms with Crippen molar-refractivity contribution in [2.45, 2.75) is 38.2 Å². The van der Waals surface area contributed by atoms with Crippen LogP contribution < -0.4 is 4.90 Å². The molecule has 0 saturated carbocycles. The zero-order valence-corrected chi connectivity index (χ0v) is 17.4. The maximum absolute atomic E-state index is 13.7. The molecule has 1 fully saturated rings. The van der Waals surface area contributed by atoms with E-state index in [2.05, 4.69) is 11.8 Å². The summed E-state index contributed by atoms with van der Waals surface area (Å²) in [6.45, 7) is 4.61. The van der Waals surface area contributed by atoms with Gasteiger partial charge in [-0.25, -0.2) is 0 Å². The van der Waals surface area contributed by atoms with E-state index in [0.717, 1.165) is 37.2 Å². The third kappa shape index (κ3) is 2.91. The Morgan fingerprint density at radius 2 is 1.70 bits per heavy atom. The van der Waals surface area contributed by atoms with Crippen LogP contribution in [0.2, 0.25) is 0 Å². The van der Waals surface area contributed by atoms with Gasteiger partial charge in [0.2, 0.25) is 0 Å². The molecule has 5 nitrogen and oxygen atoms in total. The number of aliphatic hydroxyl groups is 1. The summed E-state index contributed by atoms with van der Waals surface area (Å²) in [5.74, 6) is -0.539. The molecule has 1 aliphatic carbocycles. The number of piperidine rings is 1. The van der Waals surface area contributed by atoms with E-state index in [9.17, 15) is 14.7 Å². The number of carbonyl (C=O) groups excluding carboxylic acids is 2. The number of Topliss-reactive ketones (excluding diaryl/α,β-unsaturated/α-hetero) is 1. The minimum atomic E-state index is -1.80. The summed E-state index contributed by atoms with van der Waals surface area (Å²) in [5, 5.41) is 11.8. The summed E-state index contributed by atoms with van der Waals surface area (Å²) < 4.78 is 0. The molecule has 156 valence electrons. The van der Waals surface area contributed by atoms with Crippen molar-refractivity contribution < 1.29 is 14.7 Å². The quantitative estimate of drug-likeness (QED) is 0.852. The number of nitrogens with zero attached hydrogens (tertiary/aromatic N) is 2. The summed E-state index contributed by atoms with van der Waals surface area (Å²) >= 11 is 0. The van der Waals surface area contributed by atoms with Crippen LogP contribution in [0.25, 0.3) is 0 Å². The molecule has 1 amide bonds. The SMILES string of the molecule is CC1CCN(CN2C(=O)C(O)(C3CCc4ccccc4C3=O)c3ccccc32)CC1. The summed E-state index contributed by atoms with van der Waals surface area (Å²) in [5.41, 5.74) is 1.13. The van der Waals surface area contributed by atoms with Crippen molar-refractivity contribution >= 4 is 17.4 Å². The molecule has 2 aromatic rings. The van der Waals surface area contributed by atoms with Gasteiger partial charge in [0.05, 0.1) is 18.3 Å². The smallest absolute Gasteiger partial charge is 0.265 e. The van der Waals surface area contributed by atoms with Crippen LogP contribution in [0.1, 0.15) is 47.7 Å². The predicted molar refractivity (Wildman–Crippen MR) is 115 cm³/mol. The predicted octanol–water partition coefficient (Wildman–Crippen LogP) is 3.36. The molecule has 3 aliphatic rings. The van der Waals surface area contributed by atoms with Crippen LogP contribution in [0.4, 0.5) is 5.69 Å². The number of amides is 1. The topological polar surface area (TPSA) is 60.9 Å². The number of anilines is 1. The van der Waals surface area contributed by atoms with E-state index in [1.165, 1.54) is 0 Å². The number of para-hydroxylation sites is 1. The minimum absolute atomic E-state index is 0.129. The van der Waals surface area contributed by atoms with Crippen molar-refractivity contribution in [3.05, 3.63) is 65.2 Å². The molecule has 5 rings (SSSR count).